The second-order valence-corrected chi connectivity index (χ2v) is 5.72. The largest absolute Gasteiger partial charge is 0.573 e. The van der Waals surface area contributed by atoms with E-state index in [4.69, 9.17) is 4.74 Å². The van der Waals surface area contributed by atoms with Crippen molar-refractivity contribution in [2.45, 2.75) is 38.7 Å². The highest BCUT2D eigenvalue weighted by atomic mass is 19.4. The Labute approximate surface area is 145 Å². The number of benzene rings is 1. The van der Waals surface area contributed by atoms with Crippen LogP contribution in [0.4, 0.5) is 13.2 Å². The van der Waals surface area contributed by atoms with E-state index in [-0.39, 0.29) is 11.9 Å². The maximum atomic E-state index is 12.1. The van der Waals surface area contributed by atoms with Gasteiger partial charge < -0.3 is 20.1 Å². The second kappa shape index (κ2) is 9.50. The molecule has 5 nitrogen and oxygen atoms in total. The summed E-state index contributed by atoms with van der Waals surface area (Å²) in [5.41, 5.74) is 0.914. The summed E-state index contributed by atoms with van der Waals surface area (Å²) in [4.78, 5) is 4.51. The minimum Gasteiger partial charge on any atom is -0.406 e. The standard InChI is InChI=1S/C17H24F3N3O2/c1-2-21-16(23-12-15-4-3-11-24-15)22-10-9-13-5-7-14(8-6-13)25-17(18,19)20/h5-8,15H,2-4,9-12H2,1H3,(H2,21,22,23). The van der Waals surface area contributed by atoms with E-state index in [1.165, 1.54) is 12.1 Å². The van der Waals surface area contributed by atoms with Crippen LogP contribution in [0.2, 0.25) is 0 Å². The molecule has 1 fully saturated rings. The van der Waals surface area contributed by atoms with Gasteiger partial charge in [0.1, 0.15) is 5.75 Å². The van der Waals surface area contributed by atoms with Crippen LogP contribution in [0.1, 0.15) is 25.3 Å². The second-order valence-electron chi connectivity index (χ2n) is 5.72. The first-order valence-electron chi connectivity index (χ1n) is 8.45. The van der Waals surface area contributed by atoms with Crippen LogP contribution in [0.25, 0.3) is 0 Å². The highest BCUT2D eigenvalue weighted by Crippen LogP contribution is 2.22. The Hall–Kier alpha value is -1.96. The van der Waals surface area contributed by atoms with Gasteiger partial charge in [0.15, 0.2) is 5.96 Å². The molecule has 0 spiro atoms. The fraction of sp³-hybridized carbons (Fsp3) is 0.588. The number of nitrogens with zero attached hydrogens (tertiary/aromatic N) is 1. The van der Waals surface area contributed by atoms with Crippen molar-refractivity contribution in [2.75, 3.05) is 26.2 Å². The molecule has 25 heavy (non-hydrogen) atoms. The number of alkyl halides is 3. The zero-order chi connectivity index (χ0) is 18.1. The van der Waals surface area contributed by atoms with Crippen LogP contribution in [0.5, 0.6) is 5.75 Å². The molecule has 0 aromatic heterocycles. The molecule has 0 amide bonds. The molecule has 1 aromatic rings. The molecule has 1 unspecified atom stereocenters. The van der Waals surface area contributed by atoms with Crippen LogP contribution in [-0.2, 0) is 11.2 Å². The maximum absolute atomic E-state index is 12.1. The molecule has 0 bridgehead atoms. The van der Waals surface area contributed by atoms with Crippen LogP contribution >= 0.6 is 0 Å². The first-order valence-corrected chi connectivity index (χ1v) is 8.45. The Morgan fingerprint density at radius 2 is 2.04 bits per heavy atom. The van der Waals surface area contributed by atoms with Crippen molar-refractivity contribution >= 4 is 5.96 Å². The molecule has 1 saturated heterocycles. The Bertz CT molecular complexity index is 541. The van der Waals surface area contributed by atoms with Gasteiger partial charge in [-0.05, 0) is 43.9 Å². The van der Waals surface area contributed by atoms with Crippen LogP contribution in [0.3, 0.4) is 0 Å². The van der Waals surface area contributed by atoms with Gasteiger partial charge in [0.2, 0.25) is 0 Å². The molecule has 1 aromatic carbocycles. The summed E-state index contributed by atoms with van der Waals surface area (Å²) in [5, 5.41) is 6.38. The highest BCUT2D eigenvalue weighted by molar-refractivity contribution is 5.79. The minimum atomic E-state index is -4.66. The zero-order valence-electron chi connectivity index (χ0n) is 14.2. The average Bonchev–Trinajstić information content (AvgIpc) is 3.06. The quantitative estimate of drug-likeness (QED) is 0.581. The number of guanidine groups is 1. The predicted octanol–water partition coefficient (Wildman–Crippen LogP) is 2.86. The molecule has 2 N–H and O–H groups in total. The van der Waals surface area contributed by atoms with E-state index in [2.05, 4.69) is 20.4 Å². The summed E-state index contributed by atoms with van der Waals surface area (Å²) in [5.74, 6) is 0.505. The molecule has 140 valence electrons. The van der Waals surface area contributed by atoms with E-state index >= 15 is 0 Å². The van der Waals surface area contributed by atoms with Crippen molar-refractivity contribution in [3.05, 3.63) is 29.8 Å². The Morgan fingerprint density at radius 3 is 2.64 bits per heavy atom. The van der Waals surface area contributed by atoms with E-state index in [1.807, 2.05) is 6.92 Å². The van der Waals surface area contributed by atoms with Gasteiger partial charge >= 0.3 is 6.36 Å². The van der Waals surface area contributed by atoms with Crippen molar-refractivity contribution in [2.24, 2.45) is 4.99 Å². The van der Waals surface area contributed by atoms with E-state index in [0.717, 1.165) is 37.5 Å². The Kier molecular flexibility index (Phi) is 7.36. The predicted molar refractivity (Wildman–Crippen MR) is 89.8 cm³/mol. The van der Waals surface area contributed by atoms with Gasteiger partial charge in [-0.25, -0.2) is 0 Å². The monoisotopic (exact) mass is 359 g/mol. The third-order valence-corrected chi connectivity index (χ3v) is 3.68. The lowest BCUT2D eigenvalue weighted by molar-refractivity contribution is -0.274. The topological polar surface area (TPSA) is 54.9 Å². The molecule has 0 saturated carbocycles. The normalized spacial score (nSPS) is 18.2. The summed E-state index contributed by atoms with van der Waals surface area (Å²) in [6.45, 7) is 4.79. The molecule has 2 rings (SSSR count). The Balaban J connectivity index is 1.77. The van der Waals surface area contributed by atoms with E-state index in [0.29, 0.717) is 19.5 Å². The van der Waals surface area contributed by atoms with Gasteiger partial charge in [0, 0.05) is 19.7 Å². The number of hydrogen-bond donors (Lipinski definition) is 2. The maximum Gasteiger partial charge on any atom is 0.573 e. The lowest BCUT2D eigenvalue weighted by atomic mass is 10.1. The third kappa shape index (κ3) is 7.64. The number of hydrogen-bond acceptors (Lipinski definition) is 3. The summed E-state index contributed by atoms with van der Waals surface area (Å²) in [7, 11) is 0. The first kappa shape index (κ1) is 19.4. The number of ether oxygens (including phenoxy) is 2. The van der Waals surface area contributed by atoms with Crippen molar-refractivity contribution < 1.29 is 22.6 Å². The smallest absolute Gasteiger partial charge is 0.406 e. The molecule has 1 aliphatic heterocycles. The Morgan fingerprint density at radius 1 is 1.28 bits per heavy atom. The summed E-state index contributed by atoms with van der Waals surface area (Å²) >= 11 is 0. The zero-order valence-corrected chi connectivity index (χ0v) is 14.2. The van der Waals surface area contributed by atoms with E-state index < -0.39 is 6.36 Å². The van der Waals surface area contributed by atoms with Crippen LogP contribution in [0.15, 0.2) is 29.3 Å². The summed E-state index contributed by atoms with van der Waals surface area (Å²) in [6.07, 6.45) is -1.69. The highest BCUT2D eigenvalue weighted by Gasteiger charge is 2.30. The number of rotatable bonds is 7. The number of nitrogens with one attached hydrogen (secondary N) is 2. The molecule has 0 aliphatic carbocycles. The molecule has 1 heterocycles. The van der Waals surface area contributed by atoms with Crippen LogP contribution in [0, 0.1) is 0 Å². The van der Waals surface area contributed by atoms with Gasteiger partial charge in [-0.3, -0.25) is 4.99 Å². The molecular weight excluding hydrogens is 335 g/mol. The minimum absolute atomic E-state index is 0.191. The van der Waals surface area contributed by atoms with Gasteiger partial charge in [-0.15, -0.1) is 13.2 Å². The lowest BCUT2D eigenvalue weighted by Gasteiger charge is -2.13. The van der Waals surface area contributed by atoms with Crippen molar-refractivity contribution in [3.63, 3.8) is 0 Å². The van der Waals surface area contributed by atoms with E-state index in [1.54, 1.807) is 12.1 Å². The number of aliphatic imine (C=N–C) groups is 1. The fourth-order valence-corrected chi connectivity index (χ4v) is 2.51. The van der Waals surface area contributed by atoms with Crippen LogP contribution < -0.4 is 15.4 Å². The average molecular weight is 359 g/mol. The first-order chi connectivity index (χ1) is 12.0. The van der Waals surface area contributed by atoms with Crippen molar-refractivity contribution in [1.82, 2.24) is 10.6 Å². The SMILES string of the molecule is CCNC(=NCC1CCCO1)NCCc1ccc(OC(F)(F)F)cc1. The van der Waals surface area contributed by atoms with Crippen molar-refractivity contribution in [3.8, 4) is 5.75 Å². The third-order valence-electron chi connectivity index (χ3n) is 3.68. The fourth-order valence-electron chi connectivity index (χ4n) is 2.51. The van der Waals surface area contributed by atoms with Gasteiger partial charge in [-0.2, -0.15) is 0 Å². The molecule has 1 aliphatic rings. The molecule has 0 radical (unpaired) electrons. The summed E-state index contributed by atoms with van der Waals surface area (Å²) in [6, 6.07) is 5.89. The van der Waals surface area contributed by atoms with Crippen molar-refractivity contribution in [1.29, 1.82) is 0 Å². The van der Waals surface area contributed by atoms with Gasteiger partial charge in [0.05, 0.1) is 12.6 Å². The van der Waals surface area contributed by atoms with Gasteiger partial charge in [-0.1, -0.05) is 12.1 Å². The lowest BCUT2D eigenvalue weighted by Crippen LogP contribution is -2.38. The molecule has 1 atom stereocenters. The molecule has 8 heteroatoms. The summed E-state index contributed by atoms with van der Waals surface area (Å²) < 4.78 is 45.8. The molecular formula is C17H24F3N3O2. The van der Waals surface area contributed by atoms with E-state index in [9.17, 15) is 13.2 Å². The number of halogens is 3. The van der Waals surface area contributed by atoms with Crippen LogP contribution in [-0.4, -0.2) is 44.7 Å². The van der Waals surface area contributed by atoms with Gasteiger partial charge in [0.25, 0.3) is 0 Å².